The Morgan fingerprint density at radius 1 is 1.09 bits per heavy atom. The van der Waals surface area contributed by atoms with E-state index in [0.717, 1.165) is 0 Å². The molecule has 4 rings (SSSR count). The number of benzene rings is 1. The molecule has 1 heterocycles. The van der Waals surface area contributed by atoms with Gasteiger partial charge in [0.1, 0.15) is 12.2 Å². The van der Waals surface area contributed by atoms with Crippen molar-refractivity contribution in [3.63, 3.8) is 0 Å². The lowest BCUT2D eigenvalue weighted by molar-refractivity contribution is -0.198. The maximum absolute atomic E-state index is 13.8. The number of carbonyl (C=O) groups excluding carboxylic acids is 3. The molecule has 2 fully saturated rings. The van der Waals surface area contributed by atoms with Crippen LogP contribution in [0.5, 0.6) is 0 Å². The maximum atomic E-state index is 13.8. The van der Waals surface area contributed by atoms with Gasteiger partial charge in [0.2, 0.25) is 0 Å². The molecule has 1 aromatic rings. The molecule has 4 N–H and O–H groups in total. The first kappa shape index (κ1) is 33.1. The number of esters is 3. The summed E-state index contributed by atoms with van der Waals surface area (Å²) < 4.78 is 23.2. The van der Waals surface area contributed by atoms with Crippen LogP contribution in [0.3, 0.4) is 0 Å². The number of ether oxygens (including phenoxy) is 4. The van der Waals surface area contributed by atoms with Crippen LogP contribution < -0.4 is 0 Å². The second-order valence-electron chi connectivity index (χ2n) is 12.8. The van der Waals surface area contributed by atoms with Crippen molar-refractivity contribution in [2.75, 3.05) is 13.2 Å². The minimum atomic E-state index is -1.76. The molecule has 0 radical (unpaired) electrons. The Morgan fingerprint density at radius 2 is 1.72 bits per heavy atom. The Hall–Kier alpha value is -2.83. The van der Waals surface area contributed by atoms with Gasteiger partial charge in [0.05, 0.1) is 41.5 Å². The van der Waals surface area contributed by atoms with Gasteiger partial charge in [-0.25, -0.2) is 4.79 Å². The molecular weight excluding hydrogens is 560 g/mol. The highest BCUT2D eigenvalue weighted by Crippen LogP contribution is 2.63. The number of hydrogen-bond acceptors (Lipinski definition) is 11. The third-order valence-corrected chi connectivity index (χ3v) is 9.87. The molecule has 43 heavy (non-hydrogen) atoms. The highest BCUT2D eigenvalue weighted by molar-refractivity contribution is 5.89. The van der Waals surface area contributed by atoms with Crippen molar-refractivity contribution in [3.8, 4) is 0 Å². The summed E-state index contributed by atoms with van der Waals surface area (Å²) in [5.41, 5.74) is -4.34. The van der Waals surface area contributed by atoms with Crippen molar-refractivity contribution in [1.29, 1.82) is 0 Å². The Kier molecular flexibility index (Phi) is 9.44. The van der Waals surface area contributed by atoms with Crippen molar-refractivity contribution in [1.82, 2.24) is 0 Å². The SMILES string of the molecule is CC(=O)OC[C@H]1[C@H](OC(=O)c2ccccc2)[C@]2(C(C)(C)O)C[C@H](O)C(C)=C2[C@H](OC(C)=O)[C@H](O)[C@]1(C)[C@@H](O)C[C@@H]1CCO1. The van der Waals surface area contributed by atoms with Gasteiger partial charge in [-0.05, 0) is 56.9 Å². The number of aliphatic hydroxyl groups is 4. The smallest absolute Gasteiger partial charge is 0.338 e. The number of fused-ring (bicyclic) bond motifs is 1. The van der Waals surface area contributed by atoms with E-state index in [9.17, 15) is 34.8 Å². The molecule has 0 bridgehead atoms. The van der Waals surface area contributed by atoms with Gasteiger partial charge in [-0.2, -0.15) is 0 Å². The van der Waals surface area contributed by atoms with Gasteiger partial charge in [-0.1, -0.05) is 25.1 Å². The summed E-state index contributed by atoms with van der Waals surface area (Å²) in [6.45, 7) is 8.62. The Bertz CT molecular complexity index is 1230. The van der Waals surface area contributed by atoms with Gasteiger partial charge >= 0.3 is 17.9 Å². The molecule has 0 unspecified atom stereocenters. The van der Waals surface area contributed by atoms with Gasteiger partial charge in [-0.3, -0.25) is 9.59 Å². The molecule has 1 saturated heterocycles. The van der Waals surface area contributed by atoms with Crippen LogP contribution in [0.25, 0.3) is 0 Å². The molecule has 11 heteroatoms. The predicted molar refractivity (Wildman–Crippen MR) is 152 cm³/mol. The summed E-state index contributed by atoms with van der Waals surface area (Å²) in [7, 11) is 0. The summed E-state index contributed by atoms with van der Waals surface area (Å²) in [6.07, 6.45) is -6.67. The van der Waals surface area contributed by atoms with Crippen LogP contribution in [0.15, 0.2) is 41.5 Å². The molecule has 1 saturated carbocycles. The summed E-state index contributed by atoms with van der Waals surface area (Å²) in [6, 6.07) is 8.17. The minimum Gasteiger partial charge on any atom is -0.465 e. The van der Waals surface area contributed by atoms with Crippen molar-refractivity contribution < 1.29 is 53.8 Å². The van der Waals surface area contributed by atoms with Gasteiger partial charge in [0.25, 0.3) is 0 Å². The highest BCUT2D eigenvalue weighted by Gasteiger charge is 2.71. The second kappa shape index (κ2) is 12.3. The third-order valence-electron chi connectivity index (χ3n) is 9.87. The van der Waals surface area contributed by atoms with Crippen LogP contribution in [0.4, 0.5) is 0 Å². The second-order valence-corrected chi connectivity index (χ2v) is 12.8. The topological polar surface area (TPSA) is 169 Å². The largest absolute Gasteiger partial charge is 0.465 e. The molecule has 3 aliphatic rings. The van der Waals surface area contributed by atoms with Gasteiger partial charge < -0.3 is 39.4 Å². The standard InChI is InChI=1S/C32H44O11/c1-17-23(35)15-32(30(4,5)39)25(17)26(42-19(3)34)27(37)31(6,24(36)14-21-12-13-40-21)22(16-41-18(2)33)28(32)43-29(38)20-10-8-7-9-11-20/h7-11,21-24,26-28,35-37,39H,12-16H2,1-6H3/t21-,22-,23-,24-,26-,27-,28-,31-,32-/m0/s1. The van der Waals surface area contributed by atoms with E-state index in [1.807, 2.05) is 0 Å². The first-order valence-corrected chi connectivity index (χ1v) is 14.7. The summed E-state index contributed by atoms with van der Waals surface area (Å²) in [5, 5.41) is 47.4. The fourth-order valence-electron chi connectivity index (χ4n) is 7.28. The van der Waals surface area contributed by atoms with E-state index in [1.54, 1.807) is 44.2 Å². The van der Waals surface area contributed by atoms with Crippen LogP contribution in [0.2, 0.25) is 0 Å². The average Bonchev–Trinajstić information content (AvgIpc) is 3.15. The molecule has 11 nitrogen and oxygen atoms in total. The molecule has 238 valence electrons. The van der Waals surface area contributed by atoms with Crippen molar-refractivity contribution >= 4 is 17.9 Å². The quantitative estimate of drug-likeness (QED) is 0.185. The van der Waals surface area contributed by atoms with Gasteiger partial charge in [0, 0.05) is 38.2 Å². The van der Waals surface area contributed by atoms with E-state index < -0.39 is 77.4 Å². The Morgan fingerprint density at radius 3 is 2.23 bits per heavy atom. The van der Waals surface area contributed by atoms with E-state index in [4.69, 9.17) is 18.9 Å². The highest BCUT2D eigenvalue weighted by atomic mass is 16.6. The molecule has 2 aliphatic carbocycles. The van der Waals surface area contributed by atoms with Gasteiger partial charge in [-0.15, -0.1) is 0 Å². The average molecular weight is 605 g/mol. The number of rotatable bonds is 9. The Labute approximate surface area is 251 Å². The van der Waals surface area contributed by atoms with E-state index in [-0.39, 0.29) is 30.1 Å². The lowest BCUT2D eigenvalue weighted by Crippen LogP contribution is -2.61. The van der Waals surface area contributed by atoms with E-state index in [1.165, 1.54) is 27.7 Å². The lowest BCUT2D eigenvalue weighted by atomic mass is 9.59. The zero-order chi connectivity index (χ0) is 31.9. The fourth-order valence-corrected chi connectivity index (χ4v) is 7.28. The van der Waals surface area contributed by atoms with Crippen LogP contribution in [0.1, 0.15) is 71.2 Å². The van der Waals surface area contributed by atoms with E-state index in [0.29, 0.717) is 18.6 Å². The number of aliphatic hydroxyl groups excluding tert-OH is 3. The zero-order valence-corrected chi connectivity index (χ0v) is 25.6. The number of hydrogen-bond donors (Lipinski definition) is 4. The zero-order valence-electron chi connectivity index (χ0n) is 25.6. The summed E-state index contributed by atoms with van der Waals surface area (Å²) in [5.74, 6) is -3.32. The van der Waals surface area contributed by atoms with Crippen LogP contribution in [-0.4, -0.2) is 93.8 Å². The Balaban J connectivity index is 2.04. The minimum absolute atomic E-state index is 0.0897. The lowest BCUT2D eigenvalue weighted by Gasteiger charge is -2.51. The van der Waals surface area contributed by atoms with Crippen molar-refractivity contribution in [2.45, 2.75) is 103 Å². The predicted octanol–water partition coefficient (Wildman–Crippen LogP) is 2.08. The molecule has 9 atom stereocenters. The normalized spacial score (nSPS) is 34.8. The molecule has 1 aliphatic heterocycles. The number of carbonyl (C=O) groups is 3. The summed E-state index contributed by atoms with van der Waals surface area (Å²) >= 11 is 0. The van der Waals surface area contributed by atoms with Crippen molar-refractivity contribution in [2.24, 2.45) is 16.7 Å². The molecule has 0 aromatic heterocycles. The molecular formula is C32H44O11. The van der Waals surface area contributed by atoms with Crippen molar-refractivity contribution in [3.05, 3.63) is 47.0 Å². The third kappa shape index (κ3) is 5.85. The molecule has 0 amide bonds. The molecule has 0 spiro atoms. The fraction of sp³-hybridized carbons (Fsp3) is 0.656. The molecule has 1 aromatic carbocycles. The van der Waals surface area contributed by atoms with Crippen LogP contribution >= 0.6 is 0 Å². The first-order valence-electron chi connectivity index (χ1n) is 14.7. The summed E-state index contributed by atoms with van der Waals surface area (Å²) in [4.78, 5) is 38.5. The monoisotopic (exact) mass is 604 g/mol. The van der Waals surface area contributed by atoms with Crippen LogP contribution in [0, 0.1) is 16.7 Å². The first-order chi connectivity index (χ1) is 20.1. The van der Waals surface area contributed by atoms with E-state index >= 15 is 0 Å². The van der Waals surface area contributed by atoms with E-state index in [2.05, 4.69) is 0 Å². The van der Waals surface area contributed by atoms with Crippen LogP contribution in [-0.2, 0) is 28.5 Å². The maximum Gasteiger partial charge on any atom is 0.338 e. The van der Waals surface area contributed by atoms with Gasteiger partial charge in [0.15, 0.2) is 6.10 Å².